The van der Waals surface area contributed by atoms with E-state index in [-0.39, 0.29) is 5.29 Å². The van der Waals surface area contributed by atoms with E-state index in [1.165, 1.54) is 33.0 Å². The first-order valence-electron chi connectivity index (χ1n) is 8.91. The van der Waals surface area contributed by atoms with Crippen LogP contribution in [0.5, 0.6) is 0 Å². The zero-order valence-corrected chi connectivity index (χ0v) is 16.6. The Kier molecular flexibility index (Phi) is 4.86. The molecule has 1 aliphatic rings. The van der Waals surface area contributed by atoms with Gasteiger partial charge in [0.15, 0.2) is 0 Å². The maximum Gasteiger partial charge on any atom is 0.224 e. The lowest BCUT2D eigenvalue weighted by molar-refractivity contribution is 1.20. The first kappa shape index (κ1) is 18.0. The number of aliphatic imine (C=N–C) groups is 2. The van der Waals surface area contributed by atoms with Crippen LogP contribution in [0.25, 0.3) is 33.0 Å². The van der Waals surface area contributed by atoms with Gasteiger partial charge in [-0.15, -0.1) is 0 Å². The van der Waals surface area contributed by atoms with Crippen molar-refractivity contribution < 1.29 is 0 Å². The number of nitrogens with zero attached hydrogens (tertiary/aromatic N) is 2. The van der Waals surface area contributed by atoms with Gasteiger partial charge >= 0.3 is 0 Å². The van der Waals surface area contributed by atoms with E-state index in [0.29, 0.717) is 5.16 Å². The predicted octanol–water partition coefficient (Wildman–Crippen LogP) is 7.38. The van der Waals surface area contributed by atoms with E-state index < -0.39 is 0 Å². The Bertz CT molecular complexity index is 1110. The molecule has 134 valence electrons. The highest BCUT2D eigenvalue weighted by Gasteiger charge is 2.22. The highest BCUT2D eigenvalue weighted by atomic mass is 35.5. The van der Waals surface area contributed by atoms with Crippen LogP contribution in [-0.2, 0) is 0 Å². The molecule has 0 aromatic heterocycles. The molecule has 0 heterocycles. The van der Waals surface area contributed by atoms with E-state index in [1.54, 1.807) is 6.08 Å². The molecule has 0 unspecified atom stereocenters. The van der Waals surface area contributed by atoms with Gasteiger partial charge in [-0.2, -0.15) is 0 Å². The van der Waals surface area contributed by atoms with Crippen molar-refractivity contribution in [1.29, 1.82) is 0 Å². The third-order valence-corrected chi connectivity index (χ3v) is 5.18. The summed E-state index contributed by atoms with van der Waals surface area (Å²) in [6.07, 6.45) is 2.59. The summed E-state index contributed by atoms with van der Waals surface area (Å²) in [5.41, 5.74) is 6.95. The monoisotopic (exact) mass is 392 g/mol. The zero-order chi connectivity index (χ0) is 19.0. The quantitative estimate of drug-likeness (QED) is 0.197. The van der Waals surface area contributed by atoms with Gasteiger partial charge < -0.3 is 0 Å². The molecule has 0 bridgehead atoms. The lowest BCUT2D eigenvalue weighted by Gasteiger charge is -2.09. The van der Waals surface area contributed by atoms with Crippen molar-refractivity contribution in [2.75, 3.05) is 0 Å². The Morgan fingerprint density at radius 2 is 1.52 bits per heavy atom. The third kappa shape index (κ3) is 3.20. The van der Waals surface area contributed by atoms with Crippen molar-refractivity contribution >= 4 is 45.0 Å². The molecule has 27 heavy (non-hydrogen) atoms. The van der Waals surface area contributed by atoms with Crippen LogP contribution in [0.15, 0.2) is 75.8 Å². The van der Waals surface area contributed by atoms with Crippen molar-refractivity contribution in [3.63, 3.8) is 0 Å². The van der Waals surface area contributed by atoms with E-state index in [9.17, 15) is 0 Å². The molecule has 0 aliphatic heterocycles. The molecule has 3 aromatic carbocycles. The van der Waals surface area contributed by atoms with Crippen LogP contribution in [0, 0.1) is 0 Å². The highest BCUT2D eigenvalue weighted by Crippen LogP contribution is 2.47. The molecule has 0 fully saturated rings. The maximum atomic E-state index is 6.19. The summed E-state index contributed by atoms with van der Waals surface area (Å²) in [5.74, 6) is 0. The lowest BCUT2D eigenvalue weighted by Crippen LogP contribution is -1.99. The molecule has 2 nitrogen and oxygen atoms in total. The van der Waals surface area contributed by atoms with Crippen LogP contribution in [0.3, 0.4) is 0 Å². The third-order valence-electron chi connectivity index (χ3n) is 4.77. The summed E-state index contributed by atoms with van der Waals surface area (Å²) < 4.78 is 0. The van der Waals surface area contributed by atoms with Crippen LogP contribution in [-0.4, -0.2) is 11.0 Å². The van der Waals surface area contributed by atoms with Gasteiger partial charge in [0.2, 0.25) is 5.29 Å². The molecule has 0 N–H and O–H groups in total. The summed E-state index contributed by atoms with van der Waals surface area (Å²) >= 11 is 12.2. The standard InChI is InChI=1S/C23H18Cl2N2/c1-3-7-21(24)27-23(25)26-14(2)15-12-13-20-17-9-5-4-8-16(17)19-11-6-10-18(15)22(19)20/h4-13H,3H2,1-2H3/b21-7+,26-14+,27-23-. The van der Waals surface area contributed by atoms with Gasteiger partial charge in [-0.05, 0) is 64.0 Å². The SMILES string of the molecule is CC/C=C(Cl)/N=C(Cl)\N=C(/C)c1ccc2c3c(cccc13)-c1ccccc1-2. The topological polar surface area (TPSA) is 24.7 Å². The Hall–Kier alpha value is -2.42. The van der Waals surface area contributed by atoms with Crippen molar-refractivity contribution in [2.45, 2.75) is 20.3 Å². The second-order valence-corrected chi connectivity index (χ2v) is 7.17. The Labute approximate surface area is 168 Å². The molecular formula is C23H18Cl2N2. The molecule has 0 atom stereocenters. The second kappa shape index (κ2) is 7.30. The zero-order valence-electron chi connectivity index (χ0n) is 15.1. The lowest BCUT2D eigenvalue weighted by atomic mass is 9.96. The fourth-order valence-corrected chi connectivity index (χ4v) is 4.15. The number of allylic oxidation sites excluding steroid dienone is 1. The molecule has 0 saturated carbocycles. The fraction of sp³-hybridized carbons (Fsp3) is 0.130. The van der Waals surface area contributed by atoms with Crippen LogP contribution >= 0.6 is 23.2 Å². The molecule has 0 radical (unpaired) electrons. The van der Waals surface area contributed by atoms with E-state index in [1.807, 2.05) is 13.8 Å². The smallest absolute Gasteiger partial charge is 0.223 e. The molecule has 3 aromatic rings. The molecule has 0 saturated heterocycles. The normalized spacial score (nSPS) is 14.0. The van der Waals surface area contributed by atoms with Gasteiger partial charge in [0.1, 0.15) is 5.16 Å². The summed E-state index contributed by atoms with van der Waals surface area (Å²) in [6.45, 7) is 3.94. The van der Waals surface area contributed by atoms with Gasteiger partial charge in [-0.25, -0.2) is 9.98 Å². The fourth-order valence-electron chi connectivity index (χ4n) is 3.65. The molecule has 4 rings (SSSR count). The van der Waals surface area contributed by atoms with Crippen molar-refractivity contribution in [3.05, 3.63) is 71.4 Å². The van der Waals surface area contributed by atoms with Crippen molar-refractivity contribution in [1.82, 2.24) is 0 Å². The van der Waals surface area contributed by atoms with Gasteiger partial charge in [-0.3, -0.25) is 0 Å². The maximum absolute atomic E-state index is 6.19. The largest absolute Gasteiger partial charge is 0.224 e. The van der Waals surface area contributed by atoms with Gasteiger partial charge in [-0.1, -0.05) is 73.1 Å². The number of halogens is 2. The van der Waals surface area contributed by atoms with E-state index in [4.69, 9.17) is 23.2 Å². The van der Waals surface area contributed by atoms with Crippen LogP contribution < -0.4 is 0 Å². The minimum atomic E-state index is 0.133. The minimum Gasteiger partial charge on any atom is -0.223 e. The Balaban J connectivity index is 1.85. The summed E-state index contributed by atoms with van der Waals surface area (Å²) in [4.78, 5) is 8.57. The van der Waals surface area contributed by atoms with E-state index in [2.05, 4.69) is 64.6 Å². The average molecular weight is 393 g/mol. The Morgan fingerprint density at radius 3 is 2.22 bits per heavy atom. The molecule has 4 heteroatoms. The molecular weight excluding hydrogens is 375 g/mol. The minimum absolute atomic E-state index is 0.133. The van der Waals surface area contributed by atoms with Gasteiger partial charge in [0.05, 0.1) is 0 Å². The average Bonchev–Trinajstić information content (AvgIpc) is 2.98. The van der Waals surface area contributed by atoms with E-state index in [0.717, 1.165) is 17.7 Å². The molecule has 1 aliphatic carbocycles. The van der Waals surface area contributed by atoms with Crippen molar-refractivity contribution in [2.24, 2.45) is 9.98 Å². The Morgan fingerprint density at radius 1 is 0.852 bits per heavy atom. The molecule has 0 amide bonds. The number of amidine groups is 1. The number of fused-ring (bicyclic) bond motifs is 3. The first-order chi connectivity index (χ1) is 13.1. The predicted molar refractivity (Wildman–Crippen MR) is 118 cm³/mol. The van der Waals surface area contributed by atoms with Crippen molar-refractivity contribution in [3.8, 4) is 22.3 Å². The van der Waals surface area contributed by atoms with Gasteiger partial charge in [0.25, 0.3) is 0 Å². The number of hydrogen-bond donors (Lipinski definition) is 0. The van der Waals surface area contributed by atoms with Gasteiger partial charge in [0, 0.05) is 11.3 Å². The number of benzene rings is 3. The summed E-state index contributed by atoms with van der Waals surface area (Å²) in [5, 5.41) is 2.92. The van der Waals surface area contributed by atoms with Crippen LogP contribution in [0.1, 0.15) is 25.8 Å². The second-order valence-electron chi connectivity index (χ2n) is 6.45. The molecule has 0 spiro atoms. The highest BCUT2D eigenvalue weighted by molar-refractivity contribution is 6.66. The summed E-state index contributed by atoms with van der Waals surface area (Å²) in [6, 6.07) is 19.2. The van der Waals surface area contributed by atoms with Crippen LogP contribution in [0.4, 0.5) is 0 Å². The number of rotatable bonds is 3. The number of hydrogen-bond acceptors (Lipinski definition) is 1. The van der Waals surface area contributed by atoms with Crippen LogP contribution in [0.2, 0.25) is 0 Å². The first-order valence-corrected chi connectivity index (χ1v) is 9.66. The summed E-state index contributed by atoms with van der Waals surface area (Å²) in [7, 11) is 0. The van der Waals surface area contributed by atoms with E-state index >= 15 is 0 Å².